The number of hydrogen-bond acceptors (Lipinski definition) is 3. The molecule has 0 radical (unpaired) electrons. The van der Waals surface area contributed by atoms with Crippen LogP contribution in [-0.2, 0) is 4.79 Å². The Balaban J connectivity index is 0.00000254. The number of anilines is 2. The standard InChI is InChI=1S/C18H26N2OS.C2H6/c1-4-6-7-8-10-18(21)20-16-13-14(11-12-15(16)19)17(22-3)9-5-2;1-2/h5,9,11-13H,2,4,6-8,10,19H2,1,3H3,(H,20,21);1-2H3/b17-9-;. The number of amides is 1. The topological polar surface area (TPSA) is 55.1 Å². The summed E-state index contributed by atoms with van der Waals surface area (Å²) in [6, 6.07) is 5.71. The molecule has 3 N–H and O–H groups in total. The third kappa shape index (κ3) is 8.25. The van der Waals surface area contributed by atoms with Crippen molar-refractivity contribution >= 4 is 33.9 Å². The largest absolute Gasteiger partial charge is 0.397 e. The molecule has 134 valence electrons. The lowest BCUT2D eigenvalue weighted by Crippen LogP contribution is -2.12. The third-order valence-electron chi connectivity index (χ3n) is 3.36. The molecular weight excluding hydrogens is 316 g/mol. The molecule has 0 fully saturated rings. The van der Waals surface area contributed by atoms with Crippen molar-refractivity contribution in [3.63, 3.8) is 0 Å². The van der Waals surface area contributed by atoms with Crippen molar-refractivity contribution in [2.24, 2.45) is 0 Å². The predicted molar refractivity (Wildman–Crippen MR) is 111 cm³/mol. The van der Waals surface area contributed by atoms with E-state index in [9.17, 15) is 4.79 Å². The maximum absolute atomic E-state index is 12.0. The van der Waals surface area contributed by atoms with Crippen LogP contribution in [0.4, 0.5) is 11.4 Å². The van der Waals surface area contributed by atoms with Gasteiger partial charge in [-0.05, 0) is 36.4 Å². The quantitative estimate of drug-likeness (QED) is 0.322. The Morgan fingerprint density at radius 3 is 2.58 bits per heavy atom. The second-order valence-corrected chi connectivity index (χ2v) is 5.98. The predicted octanol–water partition coefficient (Wildman–Crippen LogP) is 6.09. The highest BCUT2D eigenvalue weighted by molar-refractivity contribution is 8.07. The molecule has 0 spiro atoms. The number of carbonyl (C=O) groups is 1. The Bertz CT molecular complexity index is 538. The molecule has 0 heterocycles. The number of thioether (sulfide) groups is 1. The number of carbonyl (C=O) groups excluding carboxylic acids is 1. The fraction of sp³-hybridized carbons (Fsp3) is 0.450. The summed E-state index contributed by atoms with van der Waals surface area (Å²) >= 11 is 1.64. The van der Waals surface area contributed by atoms with E-state index in [1.165, 1.54) is 12.8 Å². The van der Waals surface area contributed by atoms with Crippen LogP contribution >= 0.6 is 11.8 Å². The molecule has 0 saturated carbocycles. The van der Waals surface area contributed by atoms with Gasteiger partial charge in [0.1, 0.15) is 0 Å². The van der Waals surface area contributed by atoms with Gasteiger partial charge in [0.15, 0.2) is 0 Å². The lowest BCUT2D eigenvalue weighted by molar-refractivity contribution is -0.116. The minimum atomic E-state index is 0.0263. The van der Waals surface area contributed by atoms with Crippen LogP contribution in [-0.4, -0.2) is 12.2 Å². The van der Waals surface area contributed by atoms with E-state index in [1.54, 1.807) is 17.8 Å². The fourth-order valence-corrected chi connectivity index (χ4v) is 2.73. The first kappa shape index (κ1) is 22.3. The van der Waals surface area contributed by atoms with E-state index in [1.807, 2.05) is 44.4 Å². The van der Waals surface area contributed by atoms with Crippen molar-refractivity contribution in [3.05, 3.63) is 42.5 Å². The maximum Gasteiger partial charge on any atom is 0.224 e. The number of nitrogens with one attached hydrogen (secondary N) is 1. The van der Waals surface area contributed by atoms with Crippen LogP contribution in [0.5, 0.6) is 0 Å². The van der Waals surface area contributed by atoms with Gasteiger partial charge in [-0.15, -0.1) is 11.8 Å². The highest BCUT2D eigenvalue weighted by Crippen LogP contribution is 2.30. The molecule has 1 rings (SSSR count). The summed E-state index contributed by atoms with van der Waals surface area (Å²) in [4.78, 5) is 13.1. The molecule has 1 aromatic rings. The lowest BCUT2D eigenvalue weighted by Gasteiger charge is -2.11. The average Bonchev–Trinajstić information content (AvgIpc) is 2.60. The molecular formula is C20H32N2OS. The van der Waals surface area contributed by atoms with Gasteiger partial charge in [-0.25, -0.2) is 0 Å². The van der Waals surface area contributed by atoms with Gasteiger partial charge in [0, 0.05) is 11.3 Å². The highest BCUT2D eigenvalue weighted by atomic mass is 32.2. The van der Waals surface area contributed by atoms with Crippen molar-refractivity contribution < 1.29 is 4.79 Å². The molecule has 1 aromatic carbocycles. The molecule has 0 atom stereocenters. The van der Waals surface area contributed by atoms with E-state index in [2.05, 4.69) is 18.8 Å². The number of nitrogens with two attached hydrogens (primary N) is 1. The fourth-order valence-electron chi connectivity index (χ4n) is 2.13. The van der Waals surface area contributed by atoms with Crippen LogP contribution in [0.25, 0.3) is 4.91 Å². The molecule has 0 bridgehead atoms. The summed E-state index contributed by atoms with van der Waals surface area (Å²) in [6.07, 6.45) is 10.6. The molecule has 0 saturated heterocycles. The van der Waals surface area contributed by atoms with Crippen molar-refractivity contribution in [3.8, 4) is 0 Å². The van der Waals surface area contributed by atoms with Gasteiger partial charge in [-0.3, -0.25) is 4.79 Å². The zero-order chi connectivity index (χ0) is 18.4. The number of allylic oxidation sites excluding steroid dienone is 2. The van der Waals surface area contributed by atoms with Crippen LogP contribution < -0.4 is 11.1 Å². The molecule has 24 heavy (non-hydrogen) atoms. The van der Waals surface area contributed by atoms with E-state index in [0.29, 0.717) is 17.8 Å². The van der Waals surface area contributed by atoms with Gasteiger partial charge < -0.3 is 11.1 Å². The molecule has 3 nitrogen and oxygen atoms in total. The van der Waals surface area contributed by atoms with Crippen LogP contribution in [0.1, 0.15) is 58.4 Å². The summed E-state index contributed by atoms with van der Waals surface area (Å²) in [6.45, 7) is 9.89. The monoisotopic (exact) mass is 348 g/mol. The zero-order valence-corrected chi connectivity index (χ0v) is 16.3. The zero-order valence-electron chi connectivity index (χ0n) is 15.5. The molecule has 0 aromatic heterocycles. The lowest BCUT2D eigenvalue weighted by atomic mass is 10.1. The van der Waals surface area contributed by atoms with Crippen LogP contribution in [0.2, 0.25) is 0 Å². The summed E-state index contributed by atoms with van der Waals surface area (Å²) < 4.78 is 0. The van der Waals surface area contributed by atoms with Gasteiger partial charge >= 0.3 is 0 Å². The Kier molecular flexibility index (Phi) is 12.8. The third-order valence-corrected chi connectivity index (χ3v) is 4.17. The second kappa shape index (κ2) is 13.7. The van der Waals surface area contributed by atoms with Crippen molar-refractivity contribution in [1.29, 1.82) is 0 Å². The van der Waals surface area contributed by atoms with Crippen molar-refractivity contribution in [2.45, 2.75) is 52.9 Å². The van der Waals surface area contributed by atoms with Crippen LogP contribution in [0.15, 0.2) is 36.9 Å². The summed E-state index contributed by atoms with van der Waals surface area (Å²) in [7, 11) is 0. The molecule has 4 heteroatoms. The molecule has 0 aliphatic carbocycles. The minimum absolute atomic E-state index is 0.0263. The van der Waals surface area contributed by atoms with Crippen molar-refractivity contribution in [1.82, 2.24) is 0 Å². The van der Waals surface area contributed by atoms with Gasteiger partial charge in [-0.1, -0.05) is 58.8 Å². The number of unbranched alkanes of at least 4 members (excludes halogenated alkanes) is 3. The van der Waals surface area contributed by atoms with Crippen LogP contribution in [0.3, 0.4) is 0 Å². The van der Waals surface area contributed by atoms with E-state index in [4.69, 9.17) is 5.73 Å². The second-order valence-electron chi connectivity index (χ2n) is 5.13. The minimum Gasteiger partial charge on any atom is -0.397 e. The number of benzene rings is 1. The highest BCUT2D eigenvalue weighted by Gasteiger charge is 2.08. The molecule has 0 unspecified atom stereocenters. The number of rotatable bonds is 9. The smallest absolute Gasteiger partial charge is 0.224 e. The van der Waals surface area contributed by atoms with E-state index < -0.39 is 0 Å². The first-order chi connectivity index (χ1) is 11.6. The first-order valence-electron chi connectivity index (χ1n) is 8.68. The summed E-state index contributed by atoms with van der Waals surface area (Å²) in [5.41, 5.74) is 8.27. The van der Waals surface area contributed by atoms with Gasteiger partial charge in [0.05, 0.1) is 11.4 Å². The summed E-state index contributed by atoms with van der Waals surface area (Å²) in [5, 5.41) is 2.92. The van der Waals surface area contributed by atoms with E-state index in [-0.39, 0.29) is 5.91 Å². The Hall–Kier alpha value is -1.68. The van der Waals surface area contributed by atoms with Crippen molar-refractivity contribution in [2.75, 3.05) is 17.3 Å². The van der Waals surface area contributed by atoms with Gasteiger partial charge in [0.2, 0.25) is 5.91 Å². The Morgan fingerprint density at radius 2 is 2.00 bits per heavy atom. The molecule has 0 aliphatic heterocycles. The summed E-state index contributed by atoms with van der Waals surface area (Å²) in [5.74, 6) is 0.0263. The van der Waals surface area contributed by atoms with E-state index in [0.717, 1.165) is 23.3 Å². The van der Waals surface area contributed by atoms with E-state index >= 15 is 0 Å². The molecule has 0 aliphatic rings. The molecule has 1 amide bonds. The number of nitrogen functional groups attached to an aromatic ring is 1. The normalized spacial score (nSPS) is 10.6. The SMILES string of the molecule is C=C/C=C(\SC)c1ccc(N)c(NC(=O)CCCCCC)c1.CC. The Morgan fingerprint density at radius 1 is 1.29 bits per heavy atom. The van der Waals surface area contributed by atoms with Gasteiger partial charge in [-0.2, -0.15) is 0 Å². The first-order valence-corrected chi connectivity index (χ1v) is 9.91. The average molecular weight is 349 g/mol. The van der Waals surface area contributed by atoms with Crippen LogP contribution in [0, 0.1) is 0 Å². The maximum atomic E-state index is 12.0. The Labute approximate surface area is 151 Å². The van der Waals surface area contributed by atoms with Gasteiger partial charge in [0.25, 0.3) is 0 Å². The number of hydrogen-bond donors (Lipinski definition) is 2.